The van der Waals surface area contributed by atoms with E-state index in [-0.39, 0.29) is 46.7 Å². The van der Waals surface area contributed by atoms with Crippen LogP contribution in [0.15, 0.2) is 48.5 Å². The first kappa shape index (κ1) is 28.1. The lowest BCUT2D eigenvalue weighted by Crippen LogP contribution is -2.66. The fourth-order valence-electron chi connectivity index (χ4n) is 5.88. The van der Waals surface area contributed by atoms with Crippen LogP contribution in [0.2, 0.25) is 0 Å². The number of carbonyl (C=O) groups excluding carboxylic acids is 3. The van der Waals surface area contributed by atoms with Crippen LogP contribution in [0.5, 0.6) is 0 Å². The van der Waals surface area contributed by atoms with Crippen LogP contribution in [-0.2, 0) is 27.2 Å². The number of piperazine rings is 1. The van der Waals surface area contributed by atoms with Gasteiger partial charge in [-0.25, -0.2) is 0 Å². The van der Waals surface area contributed by atoms with Crippen LogP contribution in [0.1, 0.15) is 70.2 Å². The molecule has 0 saturated carbocycles. The molecule has 2 aromatic carbocycles. The smallest absolute Gasteiger partial charge is 0.423 e. The molecule has 0 spiro atoms. The van der Waals surface area contributed by atoms with Gasteiger partial charge in [-0.1, -0.05) is 83.1 Å². The second kappa shape index (κ2) is 11.0. The van der Waals surface area contributed by atoms with Crippen LogP contribution in [0.4, 0.5) is 0 Å². The lowest BCUT2D eigenvalue weighted by Gasteiger charge is -2.45. The molecule has 0 unspecified atom stereocenters. The molecule has 3 N–H and O–H groups in total. The molecule has 2 amide bonds. The lowest BCUT2D eigenvalue weighted by atomic mass is 9.77. The maximum atomic E-state index is 14.4. The third kappa shape index (κ3) is 6.02. The molecule has 1 heterocycles. The van der Waals surface area contributed by atoms with E-state index in [0.29, 0.717) is 24.8 Å². The fraction of sp³-hybridized carbons (Fsp3) is 0.500. The number of ketones is 1. The first-order chi connectivity index (χ1) is 17.9. The lowest BCUT2D eigenvalue weighted by molar-refractivity contribution is -0.157. The van der Waals surface area contributed by atoms with Crippen molar-refractivity contribution in [3.05, 3.63) is 65.2 Å². The van der Waals surface area contributed by atoms with E-state index in [9.17, 15) is 24.4 Å². The van der Waals surface area contributed by atoms with Crippen molar-refractivity contribution in [3.63, 3.8) is 0 Å². The largest absolute Gasteiger partial charge is 0.488 e. The quantitative estimate of drug-likeness (QED) is 0.466. The molecular weight excluding hydrogens is 479 g/mol. The van der Waals surface area contributed by atoms with Crippen LogP contribution in [0, 0.1) is 17.3 Å². The van der Waals surface area contributed by atoms with E-state index < -0.39 is 25.2 Å². The number of hydrogen-bond donors (Lipinski definition) is 3. The minimum Gasteiger partial charge on any atom is -0.423 e. The summed E-state index contributed by atoms with van der Waals surface area (Å²) in [4.78, 5) is 43.5. The minimum atomic E-state index is -1.72. The van der Waals surface area contributed by atoms with Crippen molar-refractivity contribution >= 4 is 30.2 Å². The Kier molecular flexibility index (Phi) is 8.14. The highest BCUT2D eigenvalue weighted by Gasteiger charge is 2.49. The van der Waals surface area contributed by atoms with Gasteiger partial charge in [-0.05, 0) is 58.7 Å². The number of amides is 2. The summed E-state index contributed by atoms with van der Waals surface area (Å²) in [5.74, 6) is -0.665. The molecule has 1 aliphatic heterocycles. The topological polar surface area (TPSA) is 107 Å². The number of benzene rings is 2. The van der Waals surface area contributed by atoms with Crippen molar-refractivity contribution in [2.75, 3.05) is 0 Å². The molecule has 1 saturated heterocycles. The van der Waals surface area contributed by atoms with E-state index in [4.69, 9.17) is 0 Å². The first-order valence-electron chi connectivity index (χ1n) is 13.5. The summed E-state index contributed by atoms with van der Waals surface area (Å²) >= 11 is 0. The monoisotopic (exact) mass is 518 g/mol. The van der Waals surface area contributed by atoms with Crippen LogP contribution in [-0.4, -0.2) is 51.7 Å². The Balaban J connectivity index is 1.79. The van der Waals surface area contributed by atoms with E-state index in [1.807, 2.05) is 46.8 Å². The summed E-state index contributed by atoms with van der Waals surface area (Å²) < 4.78 is 0. The Morgan fingerprint density at radius 3 is 2.24 bits per heavy atom. The predicted molar refractivity (Wildman–Crippen MR) is 147 cm³/mol. The Bertz CT molecular complexity index is 1180. The van der Waals surface area contributed by atoms with Gasteiger partial charge < -0.3 is 20.3 Å². The van der Waals surface area contributed by atoms with Gasteiger partial charge in [0, 0.05) is 6.42 Å². The standard InChI is InChI=1S/C30H39BN2O5/c1-18(2)13-24-28(35)32-26(22-14-19-9-6-7-10-20(19)15-22)29(36)33(24)27(25(34)17-30(3,4)5)21-11-8-12-23(16-21)31(37)38/h6-12,16,18,22,24,26-27,37-38H,13-15,17H2,1-5H3,(H,32,35)/t24-,26-,27-/m1/s1. The van der Waals surface area contributed by atoms with Crippen LogP contribution >= 0.6 is 0 Å². The molecule has 1 aliphatic carbocycles. The first-order valence-corrected chi connectivity index (χ1v) is 13.5. The highest BCUT2D eigenvalue weighted by molar-refractivity contribution is 6.58. The highest BCUT2D eigenvalue weighted by atomic mass is 16.4. The molecule has 2 aliphatic rings. The van der Waals surface area contributed by atoms with Crippen molar-refractivity contribution in [1.82, 2.24) is 10.2 Å². The number of nitrogens with one attached hydrogen (secondary N) is 1. The van der Waals surface area contributed by atoms with Crippen molar-refractivity contribution < 1.29 is 24.4 Å². The number of nitrogens with zero attached hydrogens (tertiary/aromatic N) is 1. The summed E-state index contributed by atoms with van der Waals surface area (Å²) in [6.45, 7) is 9.87. The van der Waals surface area contributed by atoms with E-state index in [2.05, 4.69) is 17.4 Å². The van der Waals surface area contributed by atoms with Crippen molar-refractivity contribution in [1.29, 1.82) is 0 Å². The van der Waals surface area contributed by atoms with Crippen molar-refractivity contribution in [3.8, 4) is 0 Å². The molecule has 0 aromatic heterocycles. The van der Waals surface area contributed by atoms with E-state index >= 15 is 0 Å². The maximum absolute atomic E-state index is 14.4. The number of carbonyl (C=O) groups is 3. The predicted octanol–water partition coefficient (Wildman–Crippen LogP) is 2.57. The Labute approximate surface area is 225 Å². The zero-order valence-electron chi connectivity index (χ0n) is 23.0. The molecule has 0 bridgehead atoms. The van der Waals surface area contributed by atoms with Crippen LogP contribution in [0.25, 0.3) is 0 Å². The van der Waals surface area contributed by atoms with Crippen molar-refractivity contribution in [2.24, 2.45) is 17.3 Å². The summed E-state index contributed by atoms with van der Waals surface area (Å²) in [6, 6.07) is 12.0. The van der Waals surface area contributed by atoms with Gasteiger partial charge >= 0.3 is 7.12 Å². The minimum absolute atomic E-state index is 0.102. The molecule has 0 radical (unpaired) electrons. The molecule has 2 aromatic rings. The highest BCUT2D eigenvalue weighted by Crippen LogP contribution is 2.37. The Morgan fingerprint density at radius 2 is 1.68 bits per heavy atom. The van der Waals surface area contributed by atoms with Gasteiger partial charge in [-0.2, -0.15) is 0 Å². The summed E-state index contributed by atoms with van der Waals surface area (Å²) in [6.07, 6.45) is 1.98. The van der Waals surface area contributed by atoms with Gasteiger partial charge in [0.2, 0.25) is 11.8 Å². The Morgan fingerprint density at radius 1 is 1.05 bits per heavy atom. The molecule has 1 fully saturated rings. The van der Waals surface area contributed by atoms with E-state index in [1.54, 1.807) is 24.3 Å². The van der Waals surface area contributed by atoms with Crippen LogP contribution in [0.3, 0.4) is 0 Å². The number of hydrogen-bond acceptors (Lipinski definition) is 5. The SMILES string of the molecule is CC(C)C[C@@H]1C(=O)N[C@H](C2Cc3ccccc3C2)C(=O)N1[C@@H](C(=O)CC(C)(C)C)c1cccc(B(O)O)c1. The third-order valence-electron chi connectivity index (χ3n) is 7.52. The van der Waals surface area contributed by atoms with E-state index in [1.165, 1.54) is 16.0 Å². The number of Topliss-reactive ketones (excluding diaryl/α,β-unsaturated/α-hetero) is 1. The van der Waals surface area contributed by atoms with E-state index in [0.717, 1.165) is 0 Å². The summed E-state index contributed by atoms with van der Waals surface area (Å²) in [7, 11) is -1.72. The maximum Gasteiger partial charge on any atom is 0.488 e. The van der Waals surface area contributed by atoms with Crippen molar-refractivity contribution in [2.45, 2.75) is 78.4 Å². The van der Waals surface area contributed by atoms with Gasteiger partial charge in [-0.15, -0.1) is 0 Å². The summed E-state index contributed by atoms with van der Waals surface area (Å²) in [5.41, 5.74) is 2.73. The Hall–Kier alpha value is -2.97. The molecule has 202 valence electrons. The zero-order chi connectivity index (χ0) is 27.8. The molecule has 38 heavy (non-hydrogen) atoms. The normalized spacial score (nSPS) is 20.9. The van der Waals surface area contributed by atoms with Gasteiger partial charge in [0.25, 0.3) is 0 Å². The van der Waals surface area contributed by atoms with Gasteiger partial charge in [0.1, 0.15) is 18.1 Å². The summed E-state index contributed by atoms with van der Waals surface area (Å²) in [5, 5.41) is 22.7. The zero-order valence-corrected chi connectivity index (χ0v) is 23.0. The van der Waals surface area contributed by atoms with Crippen LogP contribution < -0.4 is 10.8 Å². The molecule has 8 heteroatoms. The fourth-order valence-corrected chi connectivity index (χ4v) is 5.88. The second-order valence-electron chi connectivity index (χ2n) is 12.5. The average molecular weight is 518 g/mol. The third-order valence-corrected chi connectivity index (χ3v) is 7.52. The average Bonchev–Trinajstić information content (AvgIpc) is 3.26. The molecular formula is C30H39BN2O5. The molecule has 4 rings (SSSR count). The number of rotatable bonds is 8. The van der Waals surface area contributed by atoms with Gasteiger partial charge in [0.15, 0.2) is 5.78 Å². The molecule has 7 nitrogen and oxygen atoms in total. The van der Waals surface area contributed by atoms with Gasteiger partial charge in [-0.3, -0.25) is 14.4 Å². The van der Waals surface area contributed by atoms with Gasteiger partial charge in [0.05, 0.1) is 0 Å². The second-order valence-corrected chi connectivity index (χ2v) is 12.5. The number of fused-ring (bicyclic) bond motifs is 1. The molecule has 3 atom stereocenters.